The third-order valence-electron chi connectivity index (χ3n) is 1.46. The first-order valence-corrected chi connectivity index (χ1v) is 6.22. The molecule has 0 spiro atoms. The highest BCUT2D eigenvalue weighted by Crippen LogP contribution is 2.19. The average Bonchev–Trinajstić information content (AvgIpc) is 2.25. The number of carbonyl (C=O) groups is 1. The lowest BCUT2D eigenvalue weighted by atomic mass is 10.3. The summed E-state index contributed by atoms with van der Waals surface area (Å²) in [4.78, 5) is 15.9. The van der Waals surface area contributed by atoms with Crippen LogP contribution in [0, 0.1) is 0 Å². The van der Waals surface area contributed by atoms with E-state index in [1.807, 2.05) is 0 Å². The Morgan fingerprint density at radius 2 is 2.33 bits per heavy atom. The topological polar surface area (TPSA) is 59.2 Å². The fourth-order valence-electron chi connectivity index (χ4n) is 0.833. The molecule has 1 rings (SSSR count). The zero-order valence-corrected chi connectivity index (χ0v) is 12.5. The van der Waals surface area contributed by atoms with E-state index in [4.69, 9.17) is 11.6 Å². The molecule has 0 radical (unpaired) electrons. The number of halogens is 3. The van der Waals surface area contributed by atoms with Crippen molar-refractivity contribution in [2.24, 2.45) is 3.95 Å². The Balaban J connectivity index is 0.000000921. The molecule has 1 aromatic heterocycles. The van der Waals surface area contributed by atoms with Gasteiger partial charge in [0, 0.05) is 40.6 Å². The molecule has 2 N–H and O–H groups in total. The maximum atomic E-state index is 10.3. The van der Waals surface area contributed by atoms with Crippen molar-refractivity contribution in [3.63, 3.8) is 0 Å². The van der Waals surface area contributed by atoms with Crippen LogP contribution < -0.4 is 3.95 Å². The largest absolute Gasteiger partial charge is 0.342 e. The minimum atomic E-state index is 0.473. The number of hydrogen-bond donors (Lipinski definition) is 1. The van der Waals surface area contributed by atoms with Crippen LogP contribution in [-0.4, -0.2) is 23.3 Å². The Labute approximate surface area is 116 Å². The highest BCUT2D eigenvalue weighted by atomic mass is 127. The zero-order chi connectivity index (χ0) is 11.8. The second-order valence-corrected chi connectivity index (χ2v) is 3.89. The maximum absolute atomic E-state index is 10.3. The number of aromatic nitrogens is 1. The first-order valence-electron chi connectivity index (χ1n) is 3.80. The number of hydrogen-bond acceptors (Lipinski definition) is 3. The summed E-state index contributed by atoms with van der Waals surface area (Å²) in [5.74, 6) is 0. The van der Waals surface area contributed by atoms with Gasteiger partial charge in [0.05, 0.1) is 17.3 Å². The Morgan fingerprint density at radius 1 is 1.73 bits per heavy atom. The van der Waals surface area contributed by atoms with Crippen LogP contribution in [0.4, 0.5) is 0 Å². The molecule has 0 unspecified atom stereocenters. The molecular formula is C8H10BrClIN3O. The summed E-state index contributed by atoms with van der Waals surface area (Å²) in [5.41, 5.74) is 0.791. The molecule has 0 aromatic carbocycles. The van der Waals surface area contributed by atoms with E-state index in [9.17, 15) is 4.79 Å². The summed E-state index contributed by atoms with van der Waals surface area (Å²) in [6.07, 6.45) is 2.31. The van der Waals surface area contributed by atoms with Crippen molar-refractivity contribution in [3.05, 3.63) is 27.5 Å². The highest BCUT2D eigenvalue weighted by molar-refractivity contribution is 14.1. The molecule has 15 heavy (non-hydrogen) atoms. The van der Waals surface area contributed by atoms with E-state index in [1.54, 1.807) is 42.2 Å². The first-order chi connectivity index (χ1) is 7.13. The van der Waals surface area contributed by atoms with Crippen LogP contribution in [0.25, 0.3) is 0 Å². The SMILES string of the molecule is CN(C=O)Cc1ncc(Cl)cc1Br.NI. The predicted octanol–water partition coefficient (Wildman–Crippen LogP) is 2.38. The van der Waals surface area contributed by atoms with Gasteiger partial charge in [0.25, 0.3) is 0 Å². The van der Waals surface area contributed by atoms with Gasteiger partial charge in [0.1, 0.15) is 0 Å². The van der Waals surface area contributed by atoms with Gasteiger partial charge in [0.15, 0.2) is 0 Å². The number of nitrogens with zero attached hydrogens (tertiary/aromatic N) is 2. The van der Waals surface area contributed by atoms with Crippen LogP contribution >= 0.6 is 50.4 Å². The number of pyridine rings is 1. The van der Waals surface area contributed by atoms with Gasteiger partial charge in [-0.15, -0.1) is 0 Å². The van der Waals surface area contributed by atoms with E-state index >= 15 is 0 Å². The first kappa shape index (κ1) is 15.1. The van der Waals surface area contributed by atoms with Crippen molar-refractivity contribution in [1.82, 2.24) is 9.88 Å². The summed E-state index contributed by atoms with van der Waals surface area (Å²) >= 11 is 10.7. The summed E-state index contributed by atoms with van der Waals surface area (Å²) in [6, 6.07) is 1.75. The van der Waals surface area contributed by atoms with Crippen molar-refractivity contribution < 1.29 is 4.79 Å². The molecule has 0 aliphatic rings. The average molecular weight is 406 g/mol. The quantitative estimate of drug-likeness (QED) is 0.476. The minimum Gasteiger partial charge on any atom is -0.342 e. The van der Waals surface area contributed by atoms with Gasteiger partial charge in [-0.2, -0.15) is 0 Å². The van der Waals surface area contributed by atoms with Crippen LogP contribution in [0.5, 0.6) is 0 Å². The number of rotatable bonds is 3. The molecule has 4 nitrogen and oxygen atoms in total. The normalized spacial score (nSPS) is 8.87. The van der Waals surface area contributed by atoms with Crippen LogP contribution in [0.1, 0.15) is 5.69 Å². The molecular weight excluding hydrogens is 396 g/mol. The third kappa shape index (κ3) is 5.64. The molecule has 84 valence electrons. The summed E-state index contributed by atoms with van der Waals surface area (Å²) < 4.78 is 5.28. The number of nitrogens with two attached hydrogens (primary N) is 1. The van der Waals surface area contributed by atoms with Gasteiger partial charge >= 0.3 is 0 Å². The summed E-state index contributed by atoms with van der Waals surface area (Å²) in [5, 5.41) is 0.574. The molecule has 1 aromatic rings. The Hall–Kier alpha value is 0.0800. The lowest BCUT2D eigenvalue weighted by Crippen LogP contribution is -2.16. The van der Waals surface area contributed by atoms with E-state index in [1.165, 1.54) is 4.90 Å². The van der Waals surface area contributed by atoms with Gasteiger partial charge in [-0.1, -0.05) is 11.6 Å². The molecule has 0 aliphatic carbocycles. The molecule has 1 heterocycles. The van der Waals surface area contributed by atoms with Crippen LogP contribution in [0.2, 0.25) is 5.02 Å². The summed E-state index contributed by atoms with van der Waals surface area (Å²) in [7, 11) is 1.69. The minimum absolute atomic E-state index is 0.473. The number of amides is 1. The lowest BCUT2D eigenvalue weighted by molar-refractivity contribution is -0.117. The van der Waals surface area contributed by atoms with Crippen molar-refractivity contribution in [2.75, 3.05) is 7.05 Å². The third-order valence-corrected chi connectivity index (χ3v) is 2.36. The Kier molecular flexibility index (Phi) is 8.30. The fourth-order valence-corrected chi connectivity index (χ4v) is 1.60. The van der Waals surface area contributed by atoms with Gasteiger partial charge in [-0.05, 0) is 22.0 Å². The van der Waals surface area contributed by atoms with E-state index in [0.717, 1.165) is 16.6 Å². The van der Waals surface area contributed by atoms with Crippen molar-refractivity contribution in [3.8, 4) is 0 Å². The van der Waals surface area contributed by atoms with E-state index < -0.39 is 0 Å². The monoisotopic (exact) mass is 405 g/mol. The van der Waals surface area contributed by atoms with Crippen LogP contribution in [-0.2, 0) is 11.3 Å². The van der Waals surface area contributed by atoms with Gasteiger partial charge in [0.2, 0.25) is 6.41 Å². The Morgan fingerprint density at radius 3 is 2.80 bits per heavy atom. The zero-order valence-electron chi connectivity index (χ0n) is 7.95. The molecule has 0 saturated heterocycles. The Bertz CT molecular complexity index is 327. The van der Waals surface area contributed by atoms with E-state index in [-0.39, 0.29) is 0 Å². The molecule has 0 aliphatic heterocycles. The van der Waals surface area contributed by atoms with Crippen molar-refractivity contribution in [2.45, 2.75) is 6.54 Å². The van der Waals surface area contributed by atoms with Gasteiger partial charge in [-0.25, -0.2) is 0 Å². The molecule has 0 fully saturated rings. The molecule has 1 amide bonds. The highest BCUT2D eigenvalue weighted by Gasteiger charge is 2.04. The molecule has 0 saturated carbocycles. The second-order valence-electron chi connectivity index (χ2n) is 2.60. The molecule has 0 bridgehead atoms. The molecule has 0 atom stereocenters. The predicted molar refractivity (Wildman–Crippen MR) is 72.7 cm³/mol. The lowest BCUT2D eigenvalue weighted by Gasteiger charge is -2.10. The fraction of sp³-hybridized carbons (Fsp3) is 0.250. The molecule has 7 heteroatoms. The standard InChI is InChI=1S/C8H8BrClN2O.H2IN/c1-12(5-13)4-8-7(9)2-6(10)3-11-8;1-2/h2-3,5H,4H2,1H3;2H2. The van der Waals surface area contributed by atoms with Crippen molar-refractivity contribution >= 4 is 56.8 Å². The van der Waals surface area contributed by atoms with E-state index in [2.05, 4.69) is 24.9 Å². The number of carbonyl (C=O) groups excluding carboxylic acids is 1. The van der Waals surface area contributed by atoms with Crippen molar-refractivity contribution in [1.29, 1.82) is 0 Å². The van der Waals surface area contributed by atoms with Gasteiger partial charge < -0.3 is 4.90 Å². The van der Waals surface area contributed by atoms with E-state index in [0.29, 0.717) is 11.6 Å². The smallest absolute Gasteiger partial charge is 0.209 e. The van der Waals surface area contributed by atoms with Gasteiger partial charge in [-0.3, -0.25) is 13.7 Å². The van der Waals surface area contributed by atoms with Crippen LogP contribution in [0.3, 0.4) is 0 Å². The maximum Gasteiger partial charge on any atom is 0.209 e. The summed E-state index contributed by atoms with van der Waals surface area (Å²) in [6.45, 7) is 0.473. The second kappa shape index (κ2) is 8.26. The van der Waals surface area contributed by atoms with Crippen LogP contribution in [0.15, 0.2) is 16.7 Å².